The minimum atomic E-state index is -0.552. The molecule has 0 unspecified atom stereocenters. The second-order valence-corrected chi connectivity index (χ2v) is 10.8. The van der Waals surface area contributed by atoms with Crippen LogP contribution in [0.2, 0.25) is 0 Å². The van der Waals surface area contributed by atoms with E-state index in [-0.39, 0.29) is 17.9 Å². The maximum atomic E-state index is 13.7. The lowest BCUT2D eigenvalue weighted by atomic mass is 10.0. The quantitative estimate of drug-likeness (QED) is 0.320. The average Bonchev–Trinajstić information content (AvgIpc) is 3.41. The molecule has 1 atom stereocenters. The van der Waals surface area contributed by atoms with E-state index in [1.807, 2.05) is 53.4 Å². The normalized spacial score (nSPS) is 14.4. The summed E-state index contributed by atoms with van der Waals surface area (Å²) in [6.07, 6.45) is 5.22. The number of amides is 2. The van der Waals surface area contributed by atoms with Crippen molar-refractivity contribution in [3.05, 3.63) is 102 Å². The number of carbonyl (C=O) groups is 2. The second kappa shape index (κ2) is 13.3. The summed E-state index contributed by atoms with van der Waals surface area (Å²) in [5.74, 6) is 0.652. The third-order valence-electron chi connectivity index (χ3n) is 6.77. The molecule has 188 valence electrons. The molecule has 0 bridgehead atoms. The number of carbonyl (C=O) groups excluding carboxylic acids is 2. The van der Waals surface area contributed by atoms with Crippen molar-refractivity contribution < 1.29 is 9.59 Å². The van der Waals surface area contributed by atoms with Crippen molar-refractivity contribution in [1.82, 2.24) is 10.2 Å². The minimum Gasteiger partial charge on any atom is -0.352 e. The van der Waals surface area contributed by atoms with E-state index >= 15 is 0 Å². The minimum absolute atomic E-state index is 0.0153. The lowest BCUT2D eigenvalue weighted by molar-refractivity contribution is -0.141. The molecule has 1 N–H and O–H groups in total. The van der Waals surface area contributed by atoms with Gasteiger partial charge in [0.05, 0.1) is 0 Å². The van der Waals surface area contributed by atoms with Crippen molar-refractivity contribution in [3.63, 3.8) is 0 Å². The summed E-state index contributed by atoms with van der Waals surface area (Å²) < 4.78 is 0. The molecular weight excluding hydrogens is 464 g/mol. The fourth-order valence-electron chi connectivity index (χ4n) is 4.73. The van der Waals surface area contributed by atoms with Gasteiger partial charge in [-0.2, -0.15) is 0 Å². The van der Waals surface area contributed by atoms with E-state index in [9.17, 15) is 9.59 Å². The summed E-state index contributed by atoms with van der Waals surface area (Å²) in [6, 6.07) is 28.1. The van der Waals surface area contributed by atoms with Gasteiger partial charge in [-0.15, -0.1) is 11.8 Å². The van der Waals surface area contributed by atoms with E-state index in [0.717, 1.165) is 41.7 Å². The van der Waals surface area contributed by atoms with Crippen LogP contribution in [0.15, 0.2) is 89.8 Å². The van der Waals surface area contributed by atoms with Gasteiger partial charge in [0.15, 0.2) is 0 Å². The Morgan fingerprint density at radius 3 is 2.19 bits per heavy atom. The Hall–Kier alpha value is -3.05. The molecule has 36 heavy (non-hydrogen) atoms. The maximum Gasteiger partial charge on any atom is 0.243 e. The van der Waals surface area contributed by atoms with Crippen molar-refractivity contribution >= 4 is 23.6 Å². The van der Waals surface area contributed by atoms with Gasteiger partial charge in [-0.1, -0.05) is 91.2 Å². The predicted octanol–water partition coefficient (Wildman–Crippen LogP) is 6.18. The van der Waals surface area contributed by atoms with E-state index in [1.165, 1.54) is 5.56 Å². The van der Waals surface area contributed by atoms with Gasteiger partial charge in [0.2, 0.25) is 11.8 Å². The van der Waals surface area contributed by atoms with Gasteiger partial charge in [-0.3, -0.25) is 9.59 Å². The van der Waals surface area contributed by atoms with Crippen LogP contribution >= 0.6 is 11.8 Å². The lowest BCUT2D eigenvalue weighted by Gasteiger charge is -2.32. The van der Waals surface area contributed by atoms with Gasteiger partial charge in [-0.05, 0) is 43.0 Å². The highest BCUT2D eigenvalue weighted by atomic mass is 32.2. The van der Waals surface area contributed by atoms with Gasteiger partial charge in [0, 0.05) is 36.1 Å². The van der Waals surface area contributed by atoms with Crippen LogP contribution in [-0.4, -0.2) is 34.6 Å². The van der Waals surface area contributed by atoms with Crippen molar-refractivity contribution in [2.24, 2.45) is 0 Å². The Morgan fingerprint density at radius 2 is 1.53 bits per heavy atom. The molecule has 0 heterocycles. The van der Waals surface area contributed by atoms with Crippen molar-refractivity contribution in [3.8, 4) is 0 Å². The number of hydrogen-bond donors (Lipinski definition) is 1. The van der Waals surface area contributed by atoms with E-state index in [2.05, 4.69) is 48.6 Å². The Morgan fingerprint density at radius 1 is 0.889 bits per heavy atom. The Labute approximate surface area is 219 Å². The zero-order valence-corrected chi connectivity index (χ0v) is 21.9. The van der Waals surface area contributed by atoms with Crippen molar-refractivity contribution in [2.45, 2.75) is 69.0 Å². The van der Waals surface area contributed by atoms with Crippen LogP contribution in [0.25, 0.3) is 0 Å². The monoisotopic (exact) mass is 500 g/mol. The lowest BCUT2D eigenvalue weighted by Crippen LogP contribution is -2.52. The van der Waals surface area contributed by atoms with Crippen LogP contribution in [0.5, 0.6) is 0 Å². The first-order chi connectivity index (χ1) is 17.6. The number of nitrogens with zero attached hydrogens (tertiary/aromatic N) is 1. The molecule has 4 rings (SSSR count). The second-order valence-electron chi connectivity index (χ2n) is 9.61. The molecule has 1 fully saturated rings. The van der Waals surface area contributed by atoms with Crippen LogP contribution in [0.4, 0.5) is 0 Å². The number of aryl methyl sites for hydroxylation is 1. The molecule has 4 nitrogen and oxygen atoms in total. The topological polar surface area (TPSA) is 49.4 Å². The summed E-state index contributed by atoms with van der Waals surface area (Å²) in [6.45, 7) is 2.48. The summed E-state index contributed by atoms with van der Waals surface area (Å²) in [7, 11) is 0. The third kappa shape index (κ3) is 7.72. The molecule has 3 aromatic rings. The van der Waals surface area contributed by atoms with E-state index in [4.69, 9.17) is 0 Å². The van der Waals surface area contributed by atoms with Crippen LogP contribution in [0.3, 0.4) is 0 Å². The van der Waals surface area contributed by atoms with Crippen LogP contribution < -0.4 is 5.32 Å². The molecule has 1 saturated carbocycles. The zero-order chi connectivity index (χ0) is 25.2. The molecule has 1 aliphatic carbocycles. The average molecular weight is 501 g/mol. The van der Waals surface area contributed by atoms with Crippen molar-refractivity contribution in [2.75, 3.05) is 5.75 Å². The predicted molar refractivity (Wildman–Crippen MR) is 148 cm³/mol. The molecule has 2 amide bonds. The Bertz CT molecular complexity index is 1100. The summed E-state index contributed by atoms with van der Waals surface area (Å²) in [5.41, 5.74) is 3.27. The fraction of sp³-hybridized carbons (Fsp3) is 0.355. The van der Waals surface area contributed by atoms with Gasteiger partial charge in [0.25, 0.3) is 0 Å². The molecular formula is C31H36N2O2S. The first kappa shape index (κ1) is 26.0. The van der Waals surface area contributed by atoms with Gasteiger partial charge < -0.3 is 10.2 Å². The summed E-state index contributed by atoms with van der Waals surface area (Å²) in [4.78, 5) is 30.4. The largest absolute Gasteiger partial charge is 0.352 e. The van der Waals surface area contributed by atoms with Crippen LogP contribution in [-0.2, 0) is 22.6 Å². The first-order valence-electron chi connectivity index (χ1n) is 13.0. The number of nitrogens with one attached hydrogen (secondary N) is 1. The summed E-state index contributed by atoms with van der Waals surface area (Å²) >= 11 is 1.68. The van der Waals surface area contributed by atoms with Crippen LogP contribution in [0, 0.1) is 6.92 Å². The molecule has 0 saturated heterocycles. The van der Waals surface area contributed by atoms with E-state index in [0.29, 0.717) is 25.1 Å². The number of benzene rings is 3. The number of hydrogen-bond acceptors (Lipinski definition) is 3. The van der Waals surface area contributed by atoms with E-state index < -0.39 is 6.04 Å². The molecule has 1 aliphatic rings. The highest BCUT2D eigenvalue weighted by Gasteiger charge is 2.32. The van der Waals surface area contributed by atoms with Gasteiger partial charge in [-0.25, -0.2) is 0 Å². The Kier molecular flexibility index (Phi) is 9.62. The molecule has 0 aromatic heterocycles. The number of rotatable bonds is 11. The van der Waals surface area contributed by atoms with Crippen LogP contribution in [0.1, 0.15) is 48.8 Å². The van der Waals surface area contributed by atoms with Gasteiger partial charge in [0.1, 0.15) is 6.04 Å². The highest BCUT2D eigenvalue weighted by molar-refractivity contribution is 7.99. The Balaban J connectivity index is 1.56. The SMILES string of the molecule is Cc1ccc(CN(C(=O)CCSc2ccccc2)[C@@H](Cc2ccccc2)C(=O)NC2CCCC2)cc1. The standard InChI is InChI=1S/C31H36N2O2S/c1-24-16-18-26(19-17-24)23-33(30(34)20-21-36-28-14-6-3-7-15-28)29(22-25-10-4-2-5-11-25)31(35)32-27-12-8-9-13-27/h2-7,10-11,14-19,27,29H,8-9,12-13,20-23H2,1H3,(H,32,35)/t29-/m0/s1. The smallest absolute Gasteiger partial charge is 0.243 e. The van der Waals surface area contributed by atoms with Gasteiger partial charge >= 0.3 is 0 Å². The van der Waals surface area contributed by atoms with Crippen molar-refractivity contribution in [1.29, 1.82) is 0 Å². The summed E-state index contributed by atoms with van der Waals surface area (Å²) in [5, 5.41) is 3.27. The highest BCUT2D eigenvalue weighted by Crippen LogP contribution is 2.22. The number of thioether (sulfide) groups is 1. The fourth-order valence-corrected chi connectivity index (χ4v) is 5.59. The molecule has 5 heteroatoms. The molecule has 0 aliphatic heterocycles. The third-order valence-corrected chi connectivity index (χ3v) is 7.79. The molecule has 0 radical (unpaired) electrons. The molecule has 3 aromatic carbocycles. The first-order valence-corrected chi connectivity index (χ1v) is 13.9. The maximum absolute atomic E-state index is 13.7. The molecule has 0 spiro atoms. The van der Waals surface area contributed by atoms with E-state index in [1.54, 1.807) is 11.8 Å². The zero-order valence-electron chi connectivity index (χ0n) is 21.1.